The molecule has 0 aliphatic heterocycles. The van der Waals surface area contributed by atoms with E-state index >= 15 is 0 Å². The summed E-state index contributed by atoms with van der Waals surface area (Å²) in [6.07, 6.45) is 14.3. The molecule has 0 atom stereocenters. The van der Waals surface area contributed by atoms with Crippen molar-refractivity contribution in [3.63, 3.8) is 0 Å². The number of hydrogen-bond donors (Lipinski definition) is 0. The van der Waals surface area contributed by atoms with E-state index in [0.29, 0.717) is 32.5 Å². The second-order valence-corrected chi connectivity index (χ2v) is 6.48. The highest BCUT2D eigenvalue weighted by Gasteiger charge is 2.07. The number of carbonyl (C=O) groups is 2. The van der Waals surface area contributed by atoms with Crippen LogP contribution in [0.4, 0.5) is 0 Å². The van der Waals surface area contributed by atoms with Crippen LogP contribution in [0.2, 0.25) is 0 Å². The van der Waals surface area contributed by atoms with Crippen molar-refractivity contribution in [2.45, 2.75) is 104 Å². The fourth-order valence-electron chi connectivity index (χ4n) is 2.45. The summed E-state index contributed by atoms with van der Waals surface area (Å²) in [6.45, 7) is 5.28. The van der Waals surface area contributed by atoms with Crippen LogP contribution in [-0.4, -0.2) is 25.2 Å². The molecule has 0 aromatic carbocycles. The molecule has 0 amide bonds. The molecule has 0 aliphatic carbocycles. The van der Waals surface area contributed by atoms with Crippen molar-refractivity contribution in [1.82, 2.24) is 0 Å². The maximum Gasteiger partial charge on any atom is 0.305 e. The SMILES string of the molecule is CCCCCCCCCCCOC(=O)CCCC(=O)OCCCC. The minimum atomic E-state index is -0.213. The molecule has 0 unspecified atom stereocenters. The van der Waals surface area contributed by atoms with Gasteiger partial charge in [0, 0.05) is 12.8 Å². The Morgan fingerprint density at radius 3 is 1.46 bits per heavy atom. The molecule has 0 saturated heterocycles. The highest BCUT2D eigenvalue weighted by atomic mass is 16.5. The van der Waals surface area contributed by atoms with E-state index in [9.17, 15) is 9.59 Å². The molecule has 0 fully saturated rings. The van der Waals surface area contributed by atoms with Crippen molar-refractivity contribution >= 4 is 11.9 Å². The molecule has 0 radical (unpaired) electrons. The number of hydrogen-bond acceptors (Lipinski definition) is 4. The zero-order valence-electron chi connectivity index (χ0n) is 15.9. The summed E-state index contributed by atoms with van der Waals surface area (Å²) in [5, 5.41) is 0. The van der Waals surface area contributed by atoms with Gasteiger partial charge in [0.1, 0.15) is 0 Å². The summed E-state index contributed by atoms with van der Waals surface area (Å²) in [4.78, 5) is 22.9. The first-order valence-electron chi connectivity index (χ1n) is 10.0. The molecule has 0 spiro atoms. The number of esters is 2. The summed E-state index contributed by atoms with van der Waals surface area (Å²) in [6, 6.07) is 0. The lowest BCUT2D eigenvalue weighted by Gasteiger charge is -2.06. The van der Waals surface area contributed by atoms with Crippen molar-refractivity contribution in [2.24, 2.45) is 0 Å². The molecule has 24 heavy (non-hydrogen) atoms. The Kier molecular flexibility index (Phi) is 17.5. The van der Waals surface area contributed by atoms with Gasteiger partial charge in [-0.15, -0.1) is 0 Å². The van der Waals surface area contributed by atoms with Crippen LogP contribution in [0.5, 0.6) is 0 Å². The standard InChI is InChI=1S/C20H38O4/c1-3-5-7-8-9-10-11-12-13-18-24-20(22)16-14-15-19(21)23-17-6-4-2/h3-18H2,1-2H3. The zero-order valence-corrected chi connectivity index (χ0v) is 15.9. The zero-order chi connectivity index (χ0) is 17.9. The lowest BCUT2D eigenvalue weighted by Crippen LogP contribution is -2.09. The predicted molar refractivity (Wildman–Crippen MR) is 97.9 cm³/mol. The van der Waals surface area contributed by atoms with Gasteiger partial charge in [-0.2, -0.15) is 0 Å². The van der Waals surface area contributed by atoms with Crippen LogP contribution in [0.3, 0.4) is 0 Å². The van der Waals surface area contributed by atoms with Crippen LogP contribution in [0.1, 0.15) is 104 Å². The second-order valence-electron chi connectivity index (χ2n) is 6.48. The molecule has 0 rings (SSSR count). The summed E-state index contributed by atoms with van der Waals surface area (Å²) in [5.74, 6) is -0.411. The summed E-state index contributed by atoms with van der Waals surface area (Å²) >= 11 is 0. The van der Waals surface area contributed by atoms with Crippen molar-refractivity contribution in [3.8, 4) is 0 Å². The van der Waals surface area contributed by atoms with E-state index in [1.54, 1.807) is 0 Å². The van der Waals surface area contributed by atoms with E-state index in [2.05, 4.69) is 13.8 Å². The Morgan fingerprint density at radius 2 is 0.958 bits per heavy atom. The molecule has 0 aromatic rings. The lowest BCUT2D eigenvalue weighted by atomic mass is 10.1. The Balaban J connectivity index is 3.28. The normalized spacial score (nSPS) is 10.6. The third kappa shape index (κ3) is 17.3. The number of carbonyl (C=O) groups excluding carboxylic acids is 2. The van der Waals surface area contributed by atoms with E-state index in [-0.39, 0.29) is 11.9 Å². The monoisotopic (exact) mass is 342 g/mol. The van der Waals surface area contributed by atoms with E-state index in [1.807, 2.05) is 0 Å². The molecule has 0 N–H and O–H groups in total. The fraction of sp³-hybridized carbons (Fsp3) is 0.900. The second kappa shape index (κ2) is 18.3. The van der Waals surface area contributed by atoms with Gasteiger partial charge in [-0.1, -0.05) is 71.6 Å². The van der Waals surface area contributed by atoms with Crippen molar-refractivity contribution in [2.75, 3.05) is 13.2 Å². The van der Waals surface area contributed by atoms with Crippen LogP contribution in [0, 0.1) is 0 Å². The first kappa shape index (κ1) is 22.9. The topological polar surface area (TPSA) is 52.6 Å². The van der Waals surface area contributed by atoms with Crippen LogP contribution >= 0.6 is 0 Å². The maximum atomic E-state index is 11.5. The van der Waals surface area contributed by atoms with Crippen molar-refractivity contribution < 1.29 is 19.1 Å². The molecule has 0 aromatic heterocycles. The smallest absolute Gasteiger partial charge is 0.305 e. The number of ether oxygens (including phenoxy) is 2. The van der Waals surface area contributed by atoms with Crippen LogP contribution in [0.15, 0.2) is 0 Å². The lowest BCUT2D eigenvalue weighted by molar-refractivity contribution is -0.145. The van der Waals surface area contributed by atoms with Gasteiger partial charge in [0.15, 0.2) is 0 Å². The first-order valence-corrected chi connectivity index (χ1v) is 10.0. The molecule has 0 aliphatic rings. The Morgan fingerprint density at radius 1 is 0.542 bits per heavy atom. The molecule has 0 bridgehead atoms. The Labute approximate surface area is 148 Å². The van der Waals surface area contributed by atoms with E-state index in [4.69, 9.17) is 9.47 Å². The minimum absolute atomic E-state index is 0.198. The average molecular weight is 343 g/mol. The molecule has 0 heterocycles. The molecule has 0 saturated carbocycles. The predicted octanol–water partition coefficient (Wildman–Crippen LogP) is 5.57. The third-order valence-electron chi connectivity index (χ3n) is 4.03. The summed E-state index contributed by atoms with van der Waals surface area (Å²) < 4.78 is 10.2. The molecule has 4 nitrogen and oxygen atoms in total. The Hall–Kier alpha value is -1.06. The van der Waals surface area contributed by atoms with Gasteiger partial charge >= 0.3 is 11.9 Å². The first-order chi connectivity index (χ1) is 11.7. The van der Waals surface area contributed by atoms with Crippen LogP contribution in [0.25, 0.3) is 0 Å². The third-order valence-corrected chi connectivity index (χ3v) is 4.03. The van der Waals surface area contributed by atoms with Gasteiger partial charge in [-0.25, -0.2) is 0 Å². The highest BCUT2D eigenvalue weighted by Crippen LogP contribution is 2.09. The number of rotatable bonds is 17. The van der Waals surface area contributed by atoms with Gasteiger partial charge in [0.05, 0.1) is 13.2 Å². The molecule has 142 valence electrons. The van der Waals surface area contributed by atoms with E-state index in [1.165, 1.54) is 44.9 Å². The highest BCUT2D eigenvalue weighted by molar-refractivity contribution is 5.72. The van der Waals surface area contributed by atoms with E-state index < -0.39 is 0 Å². The molecular weight excluding hydrogens is 304 g/mol. The quantitative estimate of drug-likeness (QED) is 0.256. The van der Waals surface area contributed by atoms with Crippen LogP contribution < -0.4 is 0 Å². The minimum Gasteiger partial charge on any atom is -0.466 e. The van der Waals surface area contributed by atoms with Gasteiger partial charge in [-0.3, -0.25) is 9.59 Å². The largest absolute Gasteiger partial charge is 0.466 e. The molecular formula is C20H38O4. The van der Waals surface area contributed by atoms with Crippen molar-refractivity contribution in [1.29, 1.82) is 0 Å². The fourth-order valence-corrected chi connectivity index (χ4v) is 2.45. The van der Waals surface area contributed by atoms with Crippen LogP contribution in [-0.2, 0) is 19.1 Å². The van der Waals surface area contributed by atoms with Gasteiger partial charge in [0.25, 0.3) is 0 Å². The average Bonchev–Trinajstić information content (AvgIpc) is 2.57. The summed E-state index contributed by atoms with van der Waals surface area (Å²) in [7, 11) is 0. The Bertz CT molecular complexity index is 302. The van der Waals surface area contributed by atoms with Gasteiger partial charge in [-0.05, 0) is 19.3 Å². The maximum absolute atomic E-state index is 11.5. The van der Waals surface area contributed by atoms with Gasteiger partial charge in [0.2, 0.25) is 0 Å². The van der Waals surface area contributed by atoms with Crippen molar-refractivity contribution in [3.05, 3.63) is 0 Å². The summed E-state index contributed by atoms with van der Waals surface area (Å²) in [5.41, 5.74) is 0. The molecule has 4 heteroatoms. The van der Waals surface area contributed by atoms with E-state index in [0.717, 1.165) is 25.7 Å². The van der Waals surface area contributed by atoms with Gasteiger partial charge < -0.3 is 9.47 Å². The number of unbranched alkanes of at least 4 members (excludes halogenated alkanes) is 9.